The summed E-state index contributed by atoms with van der Waals surface area (Å²) in [4.78, 5) is 34.7. The minimum Gasteiger partial charge on any atom is -0.481 e. The van der Waals surface area contributed by atoms with E-state index < -0.39 is 17.4 Å². The molecule has 0 atom stereocenters. The molecule has 5 N–H and O–H groups in total. The highest BCUT2D eigenvalue weighted by Crippen LogP contribution is 2.36. The number of primary amides is 1. The van der Waals surface area contributed by atoms with Crippen LogP contribution in [0, 0.1) is 5.41 Å². The van der Waals surface area contributed by atoms with Gasteiger partial charge in [-0.05, 0) is 31.0 Å². The van der Waals surface area contributed by atoms with Crippen molar-refractivity contribution in [3.8, 4) is 0 Å². The van der Waals surface area contributed by atoms with Gasteiger partial charge in [0.05, 0.1) is 5.41 Å². The van der Waals surface area contributed by atoms with E-state index in [1.54, 1.807) is 18.2 Å². The second-order valence-corrected chi connectivity index (χ2v) is 5.90. The lowest BCUT2D eigenvalue weighted by Gasteiger charge is -2.33. The first-order valence-corrected chi connectivity index (χ1v) is 7.61. The van der Waals surface area contributed by atoms with E-state index >= 15 is 0 Å². The van der Waals surface area contributed by atoms with Gasteiger partial charge in [-0.15, -0.1) is 0 Å². The largest absolute Gasteiger partial charge is 0.481 e. The lowest BCUT2D eigenvalue weighted by Crippen LogP contribution is -2.44. The van der Waals surface area contributed by atoms with Gasteiger partial charge in [0.25, 0.3) is 5.91 Å². The Morgan fingerprint density at radius 3 is 2.48 bits per heavy atom. The third-order valence-corrected chi connectivity index (χ3v) is 4.24. The SMILES string of the molecule is NC(=O)Nc1cccc(C(=O)NCC2(C(=O)O)CCCCC2)c1. The average molecular weight is 319 g/mol. The Balaban J connectivity index is 2.03. The van der Waals surface area contributed by atoms with E-state index in [2.05, 4.69) is 10.6 Å². The molecule has 0 aromatic heterocycles. The lowest BCUT2D eigenvalue weighted by molar-refractivity contribution is -0.150. The zero-order chi connectivity index (χ0) is 16.9. The number of carbonyl (C=O) groups excluding carboxylic acids is 2. The Hall–Kier alpha value is -2.57. The van der Waals surface area contributed by atoms with Crippen LogP contribution in [0.4, 0.5) is 10.5 Å². The molecule has 0 spiro atoms. The number of carboxylic acid groups (broad SMARTS) is 1. The van der Waals surface area contributed by atoms with Crippen LogP contribution >= 0.6 is 0 Å². The Morgan fingerprint density at radius 1 is 1.17 bits per heavy atom. The third kappa shape index (κ3) is 4.21. The van der Waals surface area contributed by atoms with Crippen LogP contribution < -0.4 is 16.4 Å². The summed E-state index contributed by atoms with van der Waals surface area (Å²) in [5, 5.41) is 14.6. The molecule has 2 rings (SSSR count). The highest BCUT2D eigenvalue weighted by atomic mass is 16.4. The van der Waals surface area contributed by atoms with Crippen LogP contribution in [0.3, 0.4) is 0 Å². The van der Waals surface area contributed by atoms with Gasteiger partial charge >= 0.3 is 12.0 Å². The van der Waals surface area contributed by atoms with Crippen LogP contribution in [0.1, 0.15) is 42.5 Å². The van der Waals surface area contributed by atoms with Gasteiger partial charge in [-0.25, -0.2) is 4.79 Å². The number of hydrogen-bond acceptors (Lipinski definition) is 3. The number of hydrogen-bond donors (Lipinski definition) is 4. The monoisotopic (exact) mass is 319 g/mol. The molecule has 0 aliphatic heterocycles. The molecule has 0 heterocycles. The van der Waals surface area contributed by atoms with Crippen molar-refractivity contribution in [2.75, 3.05) is 11.9 Å². The summed E-state index contributed by atoms with van der Waals surface area (Å²) >= 11 is 0. The molecule has 1 aliphatic rings. The van der Waals surface area contributed by atoms with E-state index in [0.29, 0.717) is 24.1 Å². The van der Waals surface area contributed by atoms with Gasteiger partial charge in [0.2, 0.25) is 0 Å². The number of carbonyl (C=O) groups is 3. The molecule has 1 fully saturated rings. The van der Waals surface area contributed by atoms with Crippen molar-refractivity contribution in [1.82, 2.24) is 5.32 Å². The quantitative estimate of drug-likeness (QED) is 0.662. The lowest BCUT2D eigenvalue weighted by atomic mass is 9.74. The normalized spacial score (nSPS) is 16.3. The number of urea groups is 1. The standard InChI is InChI=1S/C16H21N3O4/c17-15(23)19-12-6-4-5-11(9-12)13(20)18-10-16(14(21)22)7-2-1-3-8-16/h4-6,9H,1-3,7-8,10H2,(H,18,20)(H,21,22)(H3,17,19,23). The third-order valence-electron chi connectivity index (χ3n) is 4.24. The molecular formula is C16H21N3O4. The predicted octanol–water partition coefficient (Wildman–Crippen LogP) is 1.94. The number of anilines is 1. The molecule has 0 bridgehead atoms. The van der Waals surface area contributed by atoms with Crippen molar-refractivity contribution in [3.05, 3.63) is 29.8 Å². The van der Waals surface area contributed by atoms with Crippen LogP contribution in [-0.4, -0.2) is 29.6 Å². The molecule has 1 aromatic rings. The van der Waals surface area contributed by atoms with Crippen molar-refractivity contribution in [2.45, 2.75) is 32.1 Å². The molecule has 124 valence electrons. The molecule has 0 unspecified atom stereocenters. The number of benzene rings is 1. The zero-order valence-corrected chi connectivity index (χ0v) is 12.8. The second kappa shape index (κ2) is 7.13. The number of nitrogens with two attached hydrogens (primary N) is 1. The maximum absolute atomic E-state index is 12.2. The number of carboxylic acids is 1. The fraction of sp³-hybridized carbons (Fsp3) is 0.438. The molecule has 0 radical (unpaired) electrons. The average Bonchev–Trinajstić information content (AvgIpc) is 2.53. The van der Waals surface area contributed by atoms with Crippen molar-refractivity contribution in [2.24, 2.45) is 11.1 Å². The van der Waals surface area contributed by atoms with Crippen LogP contribution in [0.25, 0.3) is 0 Å². The minimum absolute atomic E-state index is 0.106. The highest BCUT2D eigenvalue weighted by molar-refractivity contribution is 5.96. The fourth-order valence-corrected chi connectivity index (χ4v) is 2.93. The van der Waals surface area contributed by atoms with Gasteiger partial charge in [-0.1, -0.05) is 25.3 Å². The number of rotatable bonds is 5. The molecule has 3 amide bonds. The van der Waals surface area contributed by atoms with Crippen LogP contribution in [-0.2, 0) is 4.79 Å². The van der Waals surface area contributed by atoms with E-state index in [-0.39, 0.29) is 12.5 Å². The summed E-state index contributed by atoms with van der Waals surface area (Å²) < 4.78 is 0. The van der Waals surface area contributed by atoms with Gasteiger partial charge < -0.3 is 21.5 Å². The fourth-order valence-electron chi connectivity index (χ4n) is 2.93. The minimum atomic E-state index is -0.878. The Labute approximate surface area is 134 Å². The van der Waals surface area contributed by atoms with Crippen LogP contribution in [0.5, 0.6) is 0 Å². The molecule has 0 saturated heterocycles. The molecule has 7 heteroatoms. The Morgan fingerprint density at radius 2 is 1.87 bits per heavy atom. The number of nitrogens with one attached hydrogen (secondary N) is 2. The predicted molar refractivity (Wildman–Crippen MR) is 85.1 cm³/mol. The first-order chi connectivity index (χ1) is 10.9. The summed E-state index contributed by atoms with van der Waals surface area (Å²) in [6.07, 6.45) is 3.90. The van der Waals surface area contributed by atoms with E-state index in [0.717, 1.165) is 19.3 Å². The van der Waals surface area contributed by atoms with Gasteiger partial charge in [0.15, 0.2) is 0 Å². The smallest absolute Gasteiger partial charge is 0.316 e. The van der Waals surface area contributed by atoms with Gasteiger partial charge in [0, 0.05) is 17.8 Å². The molecule has 23 heavy (non-hydrogen) atoms. The molecule has 1 aliphatic carbocycles. The van der Waals surface area contributed by atoms with Crippen molar-refractivity contribution in [3.63, 3.8) is 0 Å². The van der Waals surface area contributed by atoms with E-state index in [4.69, 9.17) is 5.73 Å². The molecule has 7 nitrogen and oxygen atoms in total. The van der Waals surface area contributed by atoms with Gasteiger partial charge in [-0.3, -0.25) is 9.59 Å². The molecule has 1 saturated carbocycles. The Kier molecular flexibility index (Phi) is 5.20. The van der Waals surface area contributed by atoms with E-state index in [1.165, 1.54) is 6.07 Å². The topological polar surface area (TPSA) is 122 Å². The first-order valence-electron chi connectivity index (χ1n) is 7.61. The van der Waals surface area contributed by atoms with E-state index in [1.807, 2.05) is 0 Å². The molecule has 1 aromatic carbocycles. The maximum atomic E-state index is 12.2. The summed E-state index contributed by atoms with van der Waals surface area (Å²) in [7, 11) is 0. The van der Waals surface area contributed by atoms with Crippen LogP contribution in [0.15, 0.2) is 24.3 Å². The van der Waals surface area contributed by atoms with E-state index in [9.17, 15) is 19.5 Å². The van der Waals surface area contributed by atoms with Gasteiger partial charge in [0.1, 0.15) is 0 Å². The first kappa shape index (κ1) is 16.8. The maximum Gasteiger partial charge on any atom is 0.316 e. The highest BCUT2D eigenvalue weighted by Gasteiger charge is 2.39. The van der Waals surface area contributed by atoms with Gasteiger partial charge in [-0.2, -0.15) is 0 Å². The number of amides is 3. The van der Waals surface area contributed by atoms with Crippen molar-refractivity contribution >= 4 is 23.6 Å². The second-order valence-electron chi connectivity index (χ2n) is 5.90. The zero-order valence-electron chi connectivity index (χ0n) is 12.8. The summed E-state index contributed by atoms with van der Waals surface area (Å²) in [6, 6.07) is 5.61. The van der Waals surface area contributed by atoms with Crippen molar-refractivity contribution < 1.29 is 19.5 Å². The molecular weight excluding hydrogens is 298 g/mol. The summed E-state index contributed by atoms with van der Waals surface area (Å²) in [5.41, 5.74) is 4.92. The summed E-state index contributed by atoms with van der Waals surface area (Å²) in [5.74, 6) is -1.23. The van der Waals surface area contributed by atoms with Crippen LogP contribution in [0.2, 0.25) is 0 Å². The number of aliphatic carboxylic acids is 1. The Bertz CT molecular complexity index is 609. The van der Waals surface area contributed by atoms with Crippen molar-refractivity contribution in [1.29, 1.82) is 0 Å². The summed E-state index contributed by atoms with van der Waals surface area (Å²) in [6.45, 7) is 0.106.